The topological polar surface area (TPSA) is 238 Å². The maximum Gasteiger partial charge on any atom is 0.408 e. The number of hydrogen-bond donors (Lipinski definition) is 4. The summed E-state index contributed by atoms with van der Waals surface area (Å²) in [4.78, 5) is 95.8. The third kappa shape index (κ3) is 12.2. The highest BCUT2D eigenvalue weighted by Gasteiger charge is 2.62. The van der Waals surface area contributed by atoms with E-state index in [0.717, 1.165) is 4.88 Å². The van der Waals surface area contributed by atoms with E-state index in [2.05, 4.69) is 20.7 Å². The minimum atomic E-state index is -3.98. The lowest BCUT2D eigenvalue weighted by Gasteiger charge is -2.27. The SMILES string of the molecule is O=C(C[C@@H](NC(=O)OCc1ccccc1)C(=O)N[C@@H]1CCCCC/C=C\C2C[C@@]2(C(=O)NS(=O)(=O)C2CC2)NC(=O)[C@@H]2C[C@@H](Oc3nc4ccccc4nc3-c3cccs3)CC2C1=O)OCc1ccccc1. The number of rotatable bonds is 15. The van der Waals surface area contributed by atoms with Gasteiger partial charge in [0.05, 0.1) is 39.5 Å². The highest BCUT2D eigenvalue weighted by molar-refractivity contribution is 7.91. The van der Waals surface area contributed by atoms with Gasteiger partial charge >= 0.3 is 12.1 Å². The largest absolute Gasteiger partial charge is 0.473 e. The molecule has 3 aliphatic carbocycles. The van der Waals surface area contributed by atoms with Crippen molar-refractivity contribution in [2.45, 2.75) is 113 Å². The lowest BCUT2D eigenvalue weighted by atomic mass is 9.85. The molecule has 3 aromatic carbocycles. The number of ketones is 1. The van der Waals surface area contributed by atoms with E-state index in [1.165, 1.54) is 11.3 Å². The molecule has 19 heteroatoms. The van der Waals surface area contributed by atoms with E-state index in [0.29, 0.717) is 66.4 Å². The van der Waals surface area contributed by atoms with Crippen molar-refractivity contribution in [3.05, 3.63) is 126 Å². The van der Waals surface area contributed by atoms with Crippen LogP contribution in [-0.2, 0) is 56.7 Å². The first-order valence-corrected chi connectivity index (χ1v) is 26.8. The molecule has 2 aromatic heterocycles. The van der Waals surface area contributed by atoms with Crippen LogP contribution in [0.1, 0.15) is 81.8 Å². The summed E-state index contributed by atoms with van der Waals surface area (Å²) in [5.41, 5.74) is 1.48. The van der Waals surface area contributed by atoms with Gasteiger partial charge < -0.3 is 30.2 Å². The van der Waals surface area contributed by atoms with Crippen LogP contribution in [-0.4, -0.2) is 82.9 Å². The van der Waals surface area contributed by atoms with Crippen molar-refractivity contribution < 1.29 is 51.4 Å². The monoisotopic (exact) mass is 1020 g/mol. The molecule has 3 saturated carbocycles. The quantitative estimate of drug-likeness (QED) is 0.0638. The van der Waals surface area contributed by atoms with Crippen molar-refractivity contribution in [2.24, 2.45) is 17.8 Å². The highest BCUT2D eigenvalue weighted by Crippen LogP contribution is 2.47. The fourth-order valence-electron chi connectivity index (χ4n) is 9.41. The Morgan fingerprint density at radius 3 is 2.17 bits per heavy atom. The van der Waals surface area contributed by atoms with Crippen molar-refractivity contribution in [1.82, 2.24) is 30.6 Å². The zero-order valence-electron chi connectivity index (χ0n) is 39.4. The minimum Gasteiger partial charge on any atom is -0.473 e. The number of fused-ring (bicyclic) bond motifs is 3. The first-order valence-electron chi connectivity index (χ1n) is 24.4. The number of sulfonamides is 1. The van der Waals surface area contributed by atoms with Crippen LogP contribution in [0.15, 0.2) is 115 Å². The lowest BCUT2D eigenvalue weighted by Crippen LogP contribution is -2.55. The first-order chi connectivity index (χ1) is 34.8. The summed E-state index contributed by atoms with van der Waals surface area (Å²) in [7, 11) is -3.98. The second kappa shape index (κ2) is 22.2. The Morgan fingerprint density at radius 2 is 1.47 bits per heavy atom. The number of carbonyl (C=O) groups excluding carboxylic acids is 6. The zero-order chi connectivity index (χ0) is 50.2. The number of para-hydroxylation sites is 2. The number of hydrogen-bond acceptors (Lipinski definition) is 14. The summed E-state index contributed by atoms with van der Waals surface area (Å²) in [6, 6.07) is 26.2. The average molecular weight is 1020 g/mol. The highest BCUT2D eigenvalue weighted by atomic mass is 32.2. The molecule has 0 radical (unpaired) electrons. The molecule has 4 amide bonds. The van der Waals surface area contributed by atoms with E-state index in [1.54, 1.807) is 54.6 Å². The summed E-state index contributed by atoms with van der Waals surface area (Å²) >= 11 is 1.44. The molecule has 3 heterocycles. The predicted molar refractivity (Wildman–Crippen MR) is 266 cm³/mol. The molecular formula is C53H56N6O11S2. The number of amides is 4. The summed E-state index contributed by atoms with van der Waals surface area (Å²) in [5.74, 6) is -6.15. The maximum absolute atomic E-state index is 15.3. The number of nitrogens with one attached hydrogen (secondary N) is 4. The Kier molecular flexibility index (Phi) is 15.4. The predicted octanol–water partition coefficient (Wildman–Crippen LogP) is 6.62. The van der Waals surface area contributed by atoms with Gasteiger partial charge in [0.2, 0.25) is 27.7 Å². The van der Waals surface area contributed by atoms with Crippen molar-refractivity contribution in [2.75, 3.05) is 0 Å². The molecule has 2 unspecified atom stereocenters. The Labute approximate surface area is 421 Å². The van der Waals surface area contributed by atoms with E-state index in [-0.39, 0.29) is 44.8 Å². The number of Topliss-reactive ketones (excluding diaryl/α,β-unsaturated/α-hetero) is 1. The molecule has 0 saturated heterocycles. The number of aromatic nitrogens is 2. The molecule has 17 nitrogen and oxygen atoms in total. The molecular weight excluding hydrogens is 961 g/mol. The summed E-state index contributed by atoms with van der Waals surface area (Å²) in [6.45, 7) is -0.208. The molecule has 4 aliphatic rings. The normalized spacial score (nSPS) is 24.1. The van der Waals surface area contributed by atoms with Crippen LogP contribution in [0.5, 0.6) is 5.88 Å². The van der Waals surface area contributed by atoms with Gasteiger partial charge in [-0.05, 0) is 86.1 Å². The molecule has 0 bridgehead atoms. The first kappa shape index (κ1) is 50.0. The minimum absolute atomic E-state index is 0.000429. The molecule has 0 spiro atoms. The van der Waals surface area contributed by atoms with Crippen LogP contribution < -0.4 is 25.4 Å². The number of benzene rings is 3. The van der Waals surface area contributed by atoms with Gasteiger partial charge in [-0.15, -0.1) is 11.3 Å². The Balaban J connectivity index is 1.00. The van der Waals surface area contributed by atoms with Crippen LogP contribution in [0, 0.1) is 17.8 Å². The molecule has 1 aliphatic heterocycles. The van der Waals surface area contributed by atoms with E-state index < -0.39 is 98.7 Å². The molecule has 9 rings (SSSR count). The van der Waals surface area contributed by atoms with Crippen molar-refractivity contribution in [3.63, 3.8) is 0 Å². The van der Waals surface area contributed by atoms with Crippen LogP contribution in [0.4, 0.5) is 4.79 Å². The van der Waals surface area contributed by atoms with Gasteiger partial charge in [-0.3, -0.25) is 28.7 Å². The molecule has 3 fully saturated rings. The third-order valence-electron chi connectivity index (χ3n) is 13.6. The Hall–Kier alpha value is -6.99. The summed E-state index contributed by atoms with van der Waals surface area (Å²) in [6.07, 6.45) is 4.94. The Bertz CT molecular complexity index is 2880. The number of nitrogens with zero attached hydrogens (tertiary/aromatic N) is 2. The van der Waals surface area contributed by atoms with Gasteiger partial charge in [0.1, 0.15) is 36.6 Å². The second-order valence-corrected chi connectivity index (χ2v) is 21.8. The van der Waals surface area contributed by atoms with Gasteiger partial charge in [0.15, 0.2) is 5.78 Å². The van der Waals surface area contributed by atoms with E-state index in [4.69, 9.17) is 24.2 Å². The number of thiophene rings is 1. The van der Waals surface area contributed by atoms with Crippen molar-refractivity contribution in [3.8, 4) is 16.5 Å². The second-order valence-electron chi connectivity index (χ2n) is 18.9. The number of alkyl carbamates (subject to hydrolysis) is 1. The van der Waals surface area contributed by atoms with Gasteiger partial charge in [-0.2, -0.15) is 0 Å². The van der Waals surface area contributed by atoms with Gasteiger partial charge in [-0.25, -0.2) is 23.2 Å². The fourth-order valence-corrected chi connectivity index (χ4v) is 11.5. The number of esters is 1. The molecule has 7 atom stereocenters. The molecule has 376 valence electrons. The number of ether oxygens (including phenoxy) is 3. The summed E-state index contributed by atoms with van der Waals surface area (Å²) in [5, 5.41) is 9.48. The molecule has 4 N–H and O–H groups in total. The van der Waals surface area contributed by atoms with E-state index in [1.807, 2.05) is 60.0 Å². The summed E-state index contributed by atoms with van der Waals surface area (Å²) < 4.78 is 46.0. The lowest BCUT2D eigenvalue weighted by molar-refractivity contribution is -0.147. The van der Waals surface area contributed by atoms with Gasteiger partial charge in [0, 0.05) is 11.8 Å². The van der Waals surface area contributed by atoms with Crippen molar-refractivity contribution >= 4 is 68.0 Å². The van der Waals surface area contributed by atoms with E-state index >= 15 is 4.79 Å². The van der Waals surface area contributed by atoms with Crippen LogP contribution in [0.25, 0.3) is 21.6 Å². The number of carbonyl (C=O) groups is 6. The van der Waals surface area contributed by atoms with Gasteiger partial charge in [0.25, 0.3) is 5.91 Å². The third-order valence-corrected chi connectivity index (χ3v) is 16.3. The molecule has 72 heavy (non-hydrogen) atoms. The van der Waals surface area contributed by atoms with Crippen LogP contribution in [0.3, 0.4) is 0 Å². The maximum atomic E-state index is 15.3. The molecule has 5 aromatic rings. The average Bonchev–Trinajstić information content (AvgIpc) is 4.25. The van der Waals surface area contributed by atoms with Gasteiger partial charge in [-0.1, -0.05) is 104 Å². The van der Waals surface area contributed by atoms with Crippen LogP contribution >= 0.6 is 11.3 Å². The standard InChI is InChI=1S/C53H56N6O11S2/c60-45(68-31-33-15-6-4-7-16-33)29-43(57-52(65)69-32-34-17-8-5-9-18-34)49(63)55-42-22-11-3-1-2-10-19-35-30-53(35,51(64)59-72(66,67)37-24-25-37)58-48(62)39-28-36(27-38(39)47(42)61)70-50-46(44-23-14-26-71-44)54-40-20-12-13-21-41(40)56-50/h4-10,12-21,23,26,35-39,42-43H,1-3,11,22,24-25,27-32H2,(H,55,63)(H,57,65)(H,58,62)(H,59,64)/b19-10-/t35?,36-,38?,39+,42+,43+,53+/m0/s1. The number of allylic oxidation sites excluding steroid dienone is 1. The smallest absolute Gasteiger partial charge is 0.408 e. The fraction of sp³-hybridized carbons (Fsp3) is 0.396. The van der Waals surface area contributed by atoms with E-state index in [9.17, 15) is 32.4 Å². The van der Waals surface area contributed by atoms with Crippen LogP contribution in [0.2, 0.25) is 0 Å². The Morgan fingerprint density at radius 1 is 0.792 bits per heavy atom. The zero-order valence-corrected chi connectivity index (χ0v) is 41.0. The van der Waals surface area contributed by atoms with Crippen molar-refractivity contribution in [1.29, 1.82) is 0 Å².